The van der Waals surface area contributed by atoms with Crippen molar-refractivity contribution in [3.63, 3.8) is 0 Å². The number of amides is 1. The molecule has 1 fully saturated rings. The highest BCUT2D eigenvalue weighted by Crippen LogP contribution is 2.30. The maximum atomic E-state index is 14.2. The predicted octanol–water partition coefficient (Wildman–Crippen LogP) is 3.74. The van der Waals surface area contributed by atoms with E-state index in [1.165, 1.54) is 6.07 Å². The van der Waals surface area contributed by atoms with Gasteiger partial charge in [0.05, 0.1) is 22.8 Å². The van der Waals surface area contributed by atoms with Crippen molar-refractivity contribution in [1.82, 2.24) is 19.6 Å². The number of aromatic nitrogens is 2. The summed E-state index contributed by atoms with van der Waals surface area (Å²) in [7, 11) is -4.30. The third-order valence-corrected chi connectivity index (χ3v) is 7.44. The Kier molecular flexibility index (Phi) is 7.60. The molecule has 4 rings (SSSR count). The number of ether oxygens (including phenoxy) is 1. The molecule has 2 atom stereocenters. The van der Waals surface area contributed by atoms with Gasteiger partial charge in [0.25, 0.3) is 0 Å². The lowest BCUT2D eigenvalue weighted by Gasteiger charge is -2.23. The molecule has 1 amide bonds. The molecule has 8 nitrogen and oxygen atoms in total. The highest BCUT2D eigenvalue weighted by atomic mass is 32.2. The average Bonchev–Trinajstić information content (AvgIpc) is 3.26. The maximum absolute atomic E-state index is 14.2. The molecule has 3 aromatic rings. The average molecular weight is 560 g/mol. The van der Waals surface area contributed by atoms with E-state index in [4.69, 9.17) is 0 Å². The molecule has 38 heavy (non-hydrogen) atoms. The van der Waals surface area contributed by atoms with E-state index in [0.29, 0.717) is 4.31 Å². The van der Waals surface area contributed by atoms with Crippen LogP contribution in [-0.2, 0) is 21.4 Å². The van der Waals surface area contributed by atoms with Crippen molar-refractivity contribution in [3.8, 4) is 17.0 Å². The van der Waals surface area contributed by atoms with Crippen LogP contribution in [0.2, 0.25) is 0 Å². The largest absolute Gasteiger partial charge is 0.573 e. The number of hydrogen-bond acceptors (Lipinski definition) is 6. The van der Waals surface area contributed by atoms with Gasteiger partial charge in [-0.15, -0.1) is 13.2 Å². The van der Waals surface area contributed by atoms with Crippen molar-refractivity contribution in [2.24, 2.45) is 0 Å². The number of nitrogens with zero attached hydrogens (tertiary/aromatic N) is 3. The molecule has 1 aromatic heterocycles. The first-order valence-electron chi connectivity index (χ1n) is 10.9. The van der Waals surface area contributed by atoms with Crippen LogP contribution in [0.1, 0.15) is 12.1 Å². The SMILES string of the molecule is O=C(NCc1cc(-c2ccc(OC(F)(F)F)c(F)c2)ncn1)C1CC(F)CN1S(=O)(=O)c1ccc(F)cc1. The van der Waals surface area contributed by atoms with Gasteiger partial charge in [0.2, 0.25) is 15.9 Å². The van der Waals surface area contributed by atoms with Gasteiger partial charge in [-0.2, -0.15) is 4.31 Å². The van der Waals surface area contributed by atoms with Crippen LogP contribution < -0.4 is 10.1 Å². The smallest absolute Gasteiger partial charge is 0.403 e. The fourth-order valence-corrected chi connectivity index (χ4v) is 5.44. The Morgan fingerprint density at radius 2 is 1.79 bits per heavy atom. The van der Waals surface area contributed by atoms with E-state index < -0.39 is 64.9 Å². The number of sulfonamides is 1. The molecule has 0 radical (unpaired) electrons. The molecule has 0 spiro atoms. The molecular weight excluding hydrogens is 542 g/mol. The van der Waals surface area contributed by atoms with E-state index in [2.05, 4.69) is 20.0 Å². The molecule has 1 aliphatic rings. The van der Waals surface area contributed by atoms with E-state index in [-0.39, 0.29) is 28.4 Å². The van der Waals surface area contributed by atoms with Crippen LogP contribution in [0.5, 0.6) is 5.75 Å². The topological polar surface area (TPSA) is 101 Å². The van der Waals surface area contributed by atoms with E-state index in [9.17, 15) is 39.6 Å². The summed E-state index contributed by atoms with van der Waals surface area (Å²) in [6, 6.07) is 6.55. The van der Waals surface area contributed by atoms with Gasteiger partial charge in [0, 0.05) is 18.5 Å². The summed E-state index contributed by atoms with van der Waals surface area (Å²) in [4.78, 5) is 20.4. The number of rotatable bonds is 7. The number of hydrogen-bond donors (Lipinski definition) is 1. The summed E-state index contributed by atoms with van der Waals surface area (Å²) < 4.78 is 109. The van der Waals surface area contributed by atoms with Crippen molar-refractivity contribution in [1.29, 1.82) is 0 Å². The van der Waals surface area contributed by atoms with Gasteiger partial charge in [-0.05, 0) is 48.5 Å². The van der Waals surface area contributed by atoms with E-state index in [1.807, 2.05) is 0 Å². The van der Waals surface area contributed by atoms with Gasteiger partial charge in [0.15, 0.2) is 11.6 Å². The Hall–Kier alpha value is -3.72. The Morgan fingerprint density at radius 3 is 2.45 bits per heavy atom. The third kappa shape index (κ3) is 6.22. The van der Waals surface area contributed by atoms with Crippen molar-refractivity contribution in [2.45, 2.75) is 36.4 Å². The second kappa shape index (κ2) is 10.6. The minimum absolute atomic E-state index is 0.0969. The molecule has 0 aliphatic carbocycles. The van der Waals surface area contributed by atoms with Gasteiger partial charge in [-0.3, -0.25) is 4.79 Å². The second-order valence-corrected chi connectivity index (χ2v) is 10.1. The van der Waals surface area contributed by atoms with E-state index in [0.717, 1.165) is 48.8 Å². The van der Waals surface area contributed by atoms with Crippen LogP contribution in [0.4, 0.5) is 26.3 Å². The van der Waals surface area contributed by atoms with Crippen LogP contribution >= 0.6 is 0 Å². The third-order valence-electron chi connectivity index (χ3n) is 5.55. The fourth-order valence-electron chi connectivity index (χ4n) is 3.82. The van der Waals surface area contributed by atoms with E-state index >= 15 is 0 Å². The van der Waals surface area contributed by atoms with Gasteiger partial charge in [0.1, 0.15) is 24.4 Å². The molecule has 15 heteroatoms. The summed E-state index contributed by atoms with van der Waals surface area (Å²) in [5.41, 5.74) is 0.411. The fraction of sp³-hybridized carbons (Fsp3) is 0.261. The van der Waals surface area contributed by atoms with Crippen LogP contribution in [0.15, 0.2) is 59.8 Å². The normalized spacial score (nSPS) is 18.4. The predicted molar refractivity (Wildman–Crippen MR) is 120 cm³/mol. The lowest BCUT2D eigenvalue weighted by Crippen LogP contribution is -2.45. The lowest BCUT2D eigenvalue weighted by atomic mass is 10.1. The first-order valence-corrected chi connectivity index (χ1v) is 12.3. The second-order valence-electron chi connectivity index (χ2n) is 8.18. The summed E-state index contributed by atoms with van der Waals surface area (Å²) in [5, 5.41) is 2.47. The molecule has 0 bridgehead atoms. The zero-order valence-corrected chi connectivity index (χ0v) is 19.9. The van der Waals surface area contributed by atoms with Gasteiger partial charge >= 0.3 is 6.36 Å². The molecule has 2 aromatic carbocycles. The first kappa shape index (κ1) is 27.3. The molecule has 2 heterocycles. The first-order chi connectivity index (χ1) is 17.8. The molecule has 202 valence electrons. The number of nitrogens with one attached hydrogen (secondary N) is 1. The Bertz CT molecular complexity index is 1440. The summed E-state index contributed by atoms with van der Waals surface area (Å²) >= 11 is 0. The lowest BCUT2D eigenvalue weighted by molar-refractivity contribution is -0.275. The standard InChI is InChI=1S/C23H18F6N4O4S/c24-14-2-4-17(5-3-14)38(35,36)33-11-15(25)8-20(33)22(34)30-10-16-9-19(32-12-31-16)13-1-6-21(18(26)7-13)37-23(27,28)29/h1-7,9,12,15,20H,8,10-11H2,(H,30,34). The molecular formula is C23H18F6N4O4S. The monoisotopic (exact) mass is 560 g/mol. The molecule has 1 saturated heterocycles. The van der Waals surface area contributed by atoms with Gasteiger partial charge in [-0.1, -0.05) is 0 Å². The minimum Gasteiger partial charge on any atom is -0.403 e. The zero-order chi connectivity index (χ0) is 27.7. The summed E-state index contributed by atoms with van der Waals surface area (Å²) in [6.45, 7) is -0.806. The van der Waals surface area contributed by atoms with E-state index in [1.54, 1.807) is 0 Å². The number of benzene rings is 2. The number of alkyl halides is 4. The summed E-state index contributed by atoms with van der Waals surface area (Å²) in [5.74, 6) is -3.78. The van der Waals surface area contributed by atoms with Crippen LogP contribution in [0, 0.1) is 11.6 Å². The number of carbonyl (C=O) groups is 1. The zero-order valence-electron chi connectivity index (χ0n) is 19.1. The van der Waals surface area contributed by atoms with Crippen molar-refractivity contribution >= 4 is 15.9 Å². The van der Waals surface area contributed by atoms with Crippen molar-refractivity contribution in [2.75, 3.05) is 6.54 Å². The van der Waals surface area contributed by atoms with Crippen LogP contribution in [0.25, 0.3) is 11.3 Å². The number of carbonyl (C=O) groups excluding carboxylic acids is 1. The highest BCUT2D eigenvalue weighted by Gasteiger charge is 2.44. The Balaban J connectivity index is 1.46. The summed E-state index contributed by atoms with van der Waals surface area (Å²) in [6.07, 6.45) is -6.00. The van der Waals surface area contributed by atoms with Crippen molar-refractivity contribution in [3.05, 3.63) is 72.2 Å². The van der Waals surface area contributed by atoms with Crippen molar-refractivity contribution < 1.29 is 44.3 Å². The van der Waals surface area contributed by atoms with Crippen LogP contribution in [-0.4, -0.2) is 53.7 Å². The molecule has 1 aliphatic heterocycles. The highest BCUT2D eigenvalue weighted by molar-refractivity contribution is 7.89. The minimum atomic E-state index is -5.07. The van der Waals surface area contributed by atoms with Gasteiger partial charge in [-0.25, -0.2) is 31.6 Å². The Labute approximate surface area is 212 Å². The number of halogens is 6. The molecule has 2 unspecified atom stereocenters. The van der Waals surface area contributed by atoms with Crippen LogP contribution in [0.3, 0.4) is 0 Å². The van der Waals surface area contributed by atoms with Gasteiger partial charge < -0.3 is 10.1 Å². The molecule has 0 saturated carbocycles. The molecule has 1 N–H and O–H groups in total. The maximum Gasteiger partial charge on any atom is 0.573 e. The quantitative estimate of drug-likeness (QED) is 0.442. The Morgan fingerprint density at radius 1 is 1.08 bits per heavy atom.